The Balaban J connectivity index is 1.71. The maximum Gasteiger partial charge on any atom is 0.302 e. The Hall–Kier alpha value is -2.88. The molecule has 0 radical (unpaired) electrons. The summed E-state index contributed by atoms with van der Waals surface area (Å²) in [5.74, 6) is -0.948. The molecule has 2 N–H and O–H groups in total. The third-order valence-corrected chi connectivity index (χ3v) is 6.90. The zero-order chi connectivity index (χ0) is 26.7. The molecule has 3 amide bonds. The fraction of sp³-hybridized carbons (Fsp3) is 0.577. The van der Waals surface area contributed by atoms with Gasteiger partial charge in [0, 0.05) is 32.0 Å². The number of likely N-dealkylation sites (tertiary alicyclic amines) is 1. The molecule has 10 heteroatoms. The molecule has 1 saturated heterocycles. The van der Waals surface area contributed by atoms with Crippen molar-refractivity contribution < 1.29 is 28.7 Å². The van der Waals surface area contributed by atoms with Crippen LogP contribution in [0.4, 0.5) is 5.69 Å². The Morgan fingerprint density at radius 3 is 2.39 bits per heavy atom. The zero-order valence-corrected chi connectivity index (χ0v) is 22.3. The van der Waals surface area contributed by atoms with Gasteiger partial charge in [-0.2, -0.15) is 11.8 Å². The molecule has 36 heavy (non-hydrogen) atoms. The van der Waals surface area contributed by atoms with Gasteiger partial charge in [0.1, 0.15) is 6.61 Å². The summed E-state index contributed by atoms with van der Waals surface area (Å²) in [4.78, 5) is 61.6. The monoisotopic (exact) mass is 519 g/mol. The zero-order valence-electron chi connectivity index (χ0n) is 21.5. The van der Waals surface area contributed by atoms with E-state index in [0.29, 0.717) is 25.8 Å². The van der Waals surface area contributed by atoms with Crippen LogP contribution in [0.2, 0.25) is 0 Å². The number of hydrogen-bond acceptors (Lipinski definition) is 8. The van der Waals surface area contributed by atoms with Gasteiger partial charge in [0.2, 0.25) is 17.7 Å². The van der Waals surface area contributed by atoms with Crippen LogP contribution in [0.25, 0.3) is 0 Å². The highest BCUT2D eigenvalue weighted by atomic mass is 32.2. The number of unbranched alkanes of at least 4 members (excludes halogenated alkanes) is 2. The van der Waals surface area contributed by atoms with Crippen LogP contribution >= 0.6 is 11.8 Å². The van der Waals surface area contributed by atoms with Crippen LogP contribution in [0.3, 0.4) is 0 Å². The van der Waals surface area contributed by atoms with Gasteiger partial charge in [0.15, 0.2) is 5.78 Å². The number of benzene rings is 1. The van der Waals surface area contributed by atoms with Crippen molar-refractivity contribution in [3.8, 4) is 0 Å². The molecule has 9 nitrogen and oxygen atoms in total. The van der Waals surface area contributed by atoms with Crippen molar-refractivity contribution in [1.82, 2.24) is 10.2 Å². The molecule has 0 spiro atoms. The molecule has 1 aromatic carbocycles. The number of nitrogens with zero attached hydrogens (tertiary/aromatic N) is 1. The molecule has 0 aliphatic carbocycles. The van der Waals surface area contributed by atoms with Crippen LogP contribution in [0.5, 0.6) is 0 Å². The summed E-state index contributed by atoms with van der Waals surface area (Å²) in [6.45, 7) is 5.79. The second-order valence-corrected chi connectivity index (χ2v) is 10.2. The second kappa shape index (κ2) is 14.6. The lowest BCUT2D eigenvalue weighted by atomic mass is 9.99. The largest absolute Gasteiger partial charge is 0.461 e. The number of amides is 3. The van der Waals surface area contributed by atoms with E-state index >= 15 is 0 Å². The van der Waals surface area contributed by atoms with Crippen LogP contribution in [0.15, 0.2) is 24.3 Å². The van der Waals surface area contributed by atoms with Crippen molar-refractivity contribution in [2.45, 2.75) is 70.8 Å². The van der Waals surface area contributed by atoms with Gasteiger partial charge in [-0.3, -0.25) is 28.9 Å². The van der Waals surface area contributed by atoms with Gasteiger partial charge in [0.05, 0.1) is 17.8 Å². The van der Waals surface area contributed by atoms with E-state index in [1.807, 2.05) is 32.2 Å². The maximum absolute atomic E-state index is 12.8. The molecule has 0 saturated carbocycles. The van der Waals surface area contributed by atoms with Crippen LogP contribution in [0.1, 0.15) is 58.4 Å². The number of nitrogens with one attached hydrogen (secondary N) is 2. The highest BCUT2D eigenvalue weighted by Crippen LogP contribution is 2.23. The molecule has 1 aliphatic heterocycles. The number of thioether (sulfide) groups is 1. The number of ether oxygens (including phenoxy) is 1. The minimum atomic E-state index is -0.600. The molecule has 1 fully saturated rings. The summed E-state index contributed by atoms with van der Waals surface area (Å²) in [7, 11) is 0. The average molecular weight is 520 g/mol. The number of anilines is 1. The van der Waals surface area contributed by atoms with Gasteiger partial charge in [-0.25, -0.2) is 0 Å². The topological polar surface area (TPSA) is 122 Å². The molecular weight excluding hydrogens is 482 g/mol. The molecule has 1 aliphatic rings. The molecule has 2 rings (SSSR count). The standard InChI is InChI=1S/C26H37N3O6S/c1-17(2)25(21(31)15-27-20-11-9-19(10-12-20)16-35-18(3)30)28-23(32)8-6-5-7-13-29-24(33)14-22(36-4)26(29)34/h9-12,17,22,25,27H,5-8,13-16H2,1-4H3,(H,28,32)/t22?,25-/m0/s1. The number of carbonyl (C=O) groups excluding carboxylic acids is 5. The van der Waals surface area contributed by atoms with E-state index in [-0.39, 0.29) is 66.6 Å². The number of carbonyl (C=O) groups is 5. The quantitative estimate of drug-likeness (QED) is 0.206. The number of imide groups is 1. The maximum atomic E-state index is 12.8. The number of rotatable bonds is 15. The lowest BCUT2D eigenvalue weighted by molar-refractivity contribution is -0.142. The van der Waals surface area contributed by atoms with E-state index in [4.69, 9.17) is 4.74 Å². The van der Waals surface area contributed by atoms with Crippen molar-refractivity contribution in [2.24, 2.45) is 5.92 Å². The van der Waals surface area contributed by atoms with Gasteiger partial charge < -0.3 is 15.4 Å². The van der Waals surface area contributed by atoms with Crippen LogP contribution < -0.4 is 10.6 Å². The van der Waals surface area contributed by atoms with E-state index in [1.165, 1.54) is 23.6 Å². The first kappa shape index (κ1) is 29.4. The van der Waals surface area contributed by atoms with Crippen molar-refractivity contribution in [1.29, 1.82) is 0 Å². The molecule has 198 valence electrons. The van der Waals surface area contributed by atoms with Gasteiger partial charge in [0.25, 0.3) is 0 Å². The number of hydrogen-bond donors (Lipinski definition) is 2. The SMILES string of the molecule is CSC1CC(=O)N(CCCCCC(=O)N[C@H](C(=O)CNc2ccc(COC(C)=O)cc2)C(C)C)C1=O. The Bertz CT molecular complexity index is 934. The van der Waals surface area contributed by atoms with Crippen molar-refractivity contribution in [3.63, 3.8) is 0 Å². The second-order valence-electron chi connectivity index (χ2n) is 9.21. The molecule has 1 aromatic rings. The van der Waals surface area contributed by atoms with Crippen LogP contribution in [0, 0.1) is 5.92 Å². The highest BCUT2D eigenvalue weighted by molar-refractivity contribution is 8.00. The summed E-state index contributed by atoms with van der Waals surface area (Å²) in [5, 5.41) is 5.66. The summed E-state index contributed by atoms with van der Waals surface area (Å²) in [6, 6.07) is 6.64. The summed E-state index contributed by atoms with van der Waals surface area (Å²) < 4.78 is 4.96. The minimum absolute atomic E-state index is 0.0640. The molecular formula is C26H37N3O6S. The van der Waals surface area contributed by atoms with Crippen molar-refractivity contribution in [2.75, 3.05) is 24.7 Å². The lowest BCUT2D eigenvalue weighted by Crippen LogP contribution is -2.46. The highest BCUT2D eigenvalue weighted by Gasteiger charge is 2.37. The molecule has 0 aromatic heterocycles. The first-order valence-electron chi connectivity index (χ1n) is 12.3. The van der Waals surface area contributed by atoms with Crippen molar-refractivity contribution in [3.05, 3.63) is 29.8 Å². The van der Waals surface area contributed by atoms with Gasteiger partial charge >= 0.3 is 5.97 Å². The van der Waals surface area contributed by atoms with E-state index < -0.39 is 6.04 Å². The van der Waals surface area contributed by atoms with Gasteiger partial charge in [-0.05, 0) is 42.7 Å². The first-order valence-corrected chi connectivity index (χ1v) is 13.6. The Morgan fingerprint density at radius 1 is 1.11 bits per heavy atom. The molecule has 1 unspecified atom stereocenters. The molecule has 2 atom stereocenters. The normalized spacial score (nSPS) is 16.2. The predicted molar refractivity (Wildman–Crippen MR) is 139 cm³/mol. The lowest BCUT2D eigenvalue weighted by Gasteiger charge is -2.22. The van der Waals surface area contributed by atoms with E-state index in [1.54, 1.807) is 12.1 Å². The molecule has 1 heterocycles. The number of Topliss-reactive ketones (excluding diaryl/α,β-unsaturated/α-hetero) is 1. The minimum Gasteiger partial charge on any atom is -0.461 e. The van der Waals surface area contributed by atoms with E-state index in [9.17, 15) is 24.0 Å². The smallest absolute Gasteiger partial charge is 0.302 e. The Morgan fingerprint density at radius 2 is 1.81 bits per heavy atom. The third-order valence-electron chi connectivity index (χ3n) is 5.97. The Labute approximate surface area is 217 Å². The summed E-state index contributed by atoms with van der Waals surface area (Å²) in [5.41, 5.74) is 1.60. The summed E-state index contributed by atoms with van der Waals surface area (Å²) in [6.07, 6.45) is 4.36. The van der Waals surface area contributed by atoms with Gasteiger partial charge in [-0.15, -0.1) is 0 Å². The first-order chi connectivity index (χ1) is 17.1. The van der Waals surface area contributed by atoms with Gasteiger partial charge in [-0.1, -0.05) is 32.4 Å². The average Bonchev–Trinajstić information content (AvgIpc) is 3.12. The van der Waals surface area contributed by atoms with Crippen LogP contribution in [-0.4, -0.2) is 65.0 Å². The third kappa shape index (κ3) is 9.29. The number of esters is 1. The van der Waals surface area contributed by atoms with E-state index in [0.717, 1.165) is 11.3 Å². The summed E-state index contributed by atoms with van der Waals surface area (Å²) >= 11 is 1.40. The van der Waals surface area contributed by atoms with Crippen LogP contribution in [-0.2, 0) is 35.3 Å². The van der Waals surface area contributed by atoms with E-state index in [2.05, 4.69) is 10.6 Å². The Kier molecular flexibility index (Phi) is 11.9. The number of ketones is 1. The predicted octanol–water partition coefficient (Wildman–Crippen LogP) is 2.92. The van der Waals surface area contributed by atoms with Crippen molar-refractivity contribution >= 4 is 46.9 Å². The fourth-order valence-electron chi connectivity index (χ4n) is 3.87. The molecule has 0 bridgehead atoms. The fourth-order valence-corrected chi connectivity index (χ4v) is 4.51.